The molecule has 1 fully saturated rings. The molecule has 2 heterocycles. The smallest absolute Gasteiger partial charge is 0.0284 e. The largest absolute Gasteiger partial charge is 0.297 e. The molecule has 1 aromatic carbocycles. The number of hydrogen-bond donors (Lipinski definition) is 0. The van der Waals surface area contributed by atoms with Gasteiger partial charge in [-0.05, 0) is 84.7 Å². The molecular formula is C23H33N. The number of rotatable bonds is 1. The Bertz CT molecular complexity index is 707. The van der Waals surface area contributed by atoms with Gasteiger partial charge in [-0.1, -0.05) is 45.9 Å². The van der Waals surface area contributed by atoms with Crippen molar-refractivity contribution in [1.29, 1.82) is 0 Å². The van der Waals surface area contributed by atoms with Gasteiger partial charge >= 0.3 is 0 Å². The van der Waals surface area contributed by atoms with Crippen LogP contribution in [-0.4, -0.2) is 24.0 Å². The van der Waals surface area contributed by atoms with Gasteiger partial charge in [-0.25, -0.2) is 0 Å². The normalized spacial score (nSPS) is 30.8. The first-order valence-corrected chi connectivity index (χ1v) is 9.78. The van der Waals surface area contributed by atoms with Crippen LogP contribution in [0.3, 0.4) is 0 Å². The van der Waals surface area contributed by atoms with Crippen LogP contribution in [0.2, 0.25) is 0 Å². The molecule has 0 saturated carbocycles. The van der Waals surface area contributed by atoms with E-state index in [0.29, 0.717) is 16.9 Å². The molecule has 1 heteroatoms. The summed E-state index contributed by atoms with van der Waals surface area (Å²) in [6.45, 7) is 12.1. The van der Waals surface area contributed by atoms with Crippen LogP contribution in [0, 0.1) is 6.92 Å². The minimum absolute atomic E-state index is 0.304. The van der Waals surface area contributed by atoms with Crippen molar-refractivity contribution < 1.29 is 0 Å². The minimum atomic E-state index is 0.304. The van der Waals surface area contributed by atoms with Crippen LogP contribution in [0.4, 0.5) is 0 Å². The van der Waals surface area contributed by atoms with Crippen molar-refractivity contribution in [3.63, 3.8) is 0 Å². The summed E-state index contributed by atoms with van der Waals surface area (Å²) < 4.78 is 0. The Balaban J connectivity index is 1.83. The Morgan fingerprint density at radius 1 is 0.958 bits per heavy atom. The van der Waals surface area contributed by atoms with Crippen LogP contribution in [0.25, 0.3) is 5.57 Å². The summed E-state index contributed by atoms with van der Waals surface area (Å²) in [5, 5.41) is 0. The van der Waals surface area contributed by atoms with Crippen LogP contribution in [0.15, 0.2) is 18.2 Å². The summed E-state index contributed by atoms with van der Waals surface area (Å²) in [6, 6.07) is 6.52. The van der Waals surface area contributed by atoms with Gasteiger partial charge in [0, 0.05) is 12.1 Å². The predicted molar refractivity (Wildman–Crippen MR) is 104 cm³/mol. The van der Waals surface area contributed by atoms with E-state index in [9.17, 15) is 0 Å². The molecule has 1 nitrogen and oxygen atoms in total. The van der Waals surface area contributed by atoms with Gasteiger partial charge in [0.05, 0.1) is 0 Å². The lowest BCUT2D eigenvalue weighted by Crippen LogP contribution is -2.35. The van der Waals surface area contributed by atoms with Gasteiger partial charge in [-0.2, -0.15) is 0 Å². The number of likely N-dealkylation sites (N-methyl/N-ethyl adjacent to an activating group) is 1. The molecule has 1 aliphatic carbocycles. The fraction of sp³-hybridized carbons (Fsp3) is 0.652. The lowest BCUT2D eigenvalue weighted by molar-refractivity contribution is 0.264. The molecule has 24 heavy (non-hydrogen) atoms. The maximum absolute atomic E-state index is 2.59. The third kappa shape index (κ3) is 2.39. The number of fused-ring (bicyclic) bond motifs is 3. The van der Waals surface area contributed by atoms with Crippen molar-refractivity contribution in [1.82, 2.24) is 4.90 Å². The highest BCUT2D eigenvalue weighted by atomic mass is 15.2. The molecule has 2 unspecified atom stereocenters. The van der Waals surface area contributed by atoms with Crippen LogP contribution in [-0.2, 0) is 10.8 Å². The Morgan fingerprint density at radius 3 is 2.21 bits per heavy atom. The summed E-state index contributed by atoms with van der Waals surface area (Å²) in [5.74, 6) is 0. The second kappa shape index (κ2) is 5.21. The molecule has 0 spiro atoms. The first-order valence-electron chi connectivity index (χ1n) is 9.78. The predicted octanol–water partition coefficient (Wildman–Crippen LogP) is 5.59. The van der Waals surface area contributed by atoms with Gasteiger partial charge in [-0.15, -0.1) is 0 Å². The van der Waals surface area contributed by atoms with Gasteiger partial charge < -0.3 is 0 Å². The fourth-order valence-corrected chi connectivity index (χ4v) is 5.31. The molecule has 3 aliphatic rings. The van der Waals surface area contributed by atoms with Crippen molar-refractivity contribution >= 4 is 5.57 Å². The highest BCUT2D eigenvalue weighted by Crippen LogP contribution is 2.48. The van der Waals surface area contributed by atoms with E-state index in [-0.39, 0.29) is 0 Å². The first kappa shape index (κ1) is 16.4. The number of benzene rings is 1. The van der Waals surface area contributed by atoms with E-state index >= 15 is 0 Å². The lowest BCUT2D eigenvalue weighted by Gasteiger charge is -2.42. The van der Waals surface area contributed by atoms with Crippen LogP contribution in [0.5, 0.6) is 0 Å². The molecule has 0 amide bonds. The Kier molecular flexibility index (Phi) is 3.56. The molecule has 2 atom stereocenters. The van der Waals surface area contributed by atoms with E-state index in [1.54, 1.807) is 16.7 Å². The molecule has 0 aromatic heterocycles. The standard InChI is InChI=1S/C23H33N/c1-15-11-20-21(23(4,5)10-9-22(20,2)3)14-19(15)16-12-17-7-8-18(13-16)24(17)6/h11-12,14,17-18H,7-10,13H2,1-6H3. The summed E-state index contributed by atoms with van der Waals surface area (Å²) in [7, 11) is 2.31. The van der Waals surface area contributed by atoms with Crippen molar-refractivity contribution in [3.8, 4) is 0 Å². The third-order valence-corrected chi connectivity index (χ3v) is 7.29. The second-order valence-corrected chi connectivity index (χ2v) is 9.84. The number of aryl methyl sites for hydroxylation is 1. The van der Waals surface area contributed by atoms with E-state index in [1.165, 1.54) is 43.2 Å². The fourth-order valence-electron chi connectivity index (χ4n) is 5.31. The highest BCUT2D eigenvalue weighted by molar-refractivity contribution is 5.72. The average Bonchev–Trinajstić information content (AvgIpc) is 2.73. The molecule has 0 radical (unpaired) electrons. The molecular weight excluding hydrogens is 290 g/mol. The lowest BCUT2D eigenvalue weighted by atomic mass is 9.62. The van der Waals surface area contributed by atoms with Crippen molar-refractivity contribution in [3.05, 3.63) is 40.5 Å². The minimum Gasteiger partial charge on any atom is -0.297 e. The number of nitrogens with zero attached hydrogens (tertiary/aromatic N) is 1. The Labute approximate surface area is 148 Å². The maximum atomic E-state index is 2.59. The van der Waals surface area contributed by atoms with Crippen LogP contribution < -0.4 is 0 Å². The average molecular weight is 324 g/mol. The van der Waals surface area contributed by atoms with Crippen LogP contribution >= 0.6 is 0 Å². The SMILES string of the molecule is Cc1cc2c(cc1C1=CC3CCC(C1)N3C)C(C)(C)CCC2(C)C. The molecule has 1 saturated heterocycles. The van der Waals surface area contributed by atoms with Gasteiger partial charge in [0.2, 0.25) is 0 Å². The molecule has 4 rings (SSSR count). The Hall–Kier alpha value is -1.08. The highest BCUT2D eigenvalue weighted by Gasteiger charge is 2.39. The summed E-state index contributed by atoms with van der Waals surface area (Å²) in [6.07, 6.45) is 9.10. The zero-order valence-electron chi connectivity index (χ0n) is 16.4. The molecule has 2 aliphatic heterocycles. The van der Waals surface area contributed by atoms with E-state index in [1.807, 2.05) is 0 Å². The van der Waals surface area contributed by atoms with Crippen molar-refractivity contribution in [2.45, 2.75) is 89.6 Å². The summed E-state index contributed by atoms with van der Waals surface area (Å²) in [4.78, 5) is 2.59. The molecule has 2 bridgehead atoms. The topological polar surface area (TPSA) is 3.24 Å². The van der Waals surface area contributed by atoms with Gasteiger partial charge in [0.15, 0.2) is 0 Å². The zero-order valence-corrected chi connectivity index (χ0v) is 16.4. The Morgan fingerprint density at radius 2 is 1.58 bits per heavy atom. The molecule has 1 aromatic rings. The summed E-state index contributed by atoms with van der Waals surface area (Å²) in [5.41, 5.74) is 8.44. The van der Waals surface area contributed by atoms with E-state index in [2.05, 4.69) is 64.8 Å². The van der Waals surface area contributed by atoms with Crippen molar-refractivity contribution in [2.75, 3.05) is 7.05 Å². The second-order valence-electron chi connectivity index (χ2n) is 9.84. The van der Waals surface area contributed by atoms with Gasteiger partial charge in [0.1, 0.15) is 0 Å². The van der Waals surface area contributed by atoms with Gasteiger partial charge in [-0.3, -0.25) is 4.90 Å². The molecule has 0 N–H and O–H groups in total. The number of hydrogen-bond acceptors (Lipinski definition) is 1. The first-order chi connectivity index (χ1) is 11.2. The summed E-state index contributed by atoms with van der Waals surface area (Å²) >= 11 is 0. The zero-order chi connectivity index (χ0) is 17.3. The van der Waals surface area contributed by atoms with Gasteiger partial charge in [0.25, 0.3) is 0 Å². The third-order valence-electron chi connectivity index (χ3n) is 7.29. The van der Waals surface area contributed by atoms with E-state index in [0.717, 1.165) is 6.04 Å². The molecule has 130 valence electrons. The van der Waals surface area contributed by atoms with E-state index < -0.39 is 0 Å². The monoisotopic (exact) mass is 323 g/mol. The quantitative estimate of drug-likeness (QED) is 0.651. The van der Waals surface area contributed by atoms with Crippen molar-refractivity contribution in [2.24, 2.45) is 0 Å². The maximum Gasteiger partial charge on any atom is 0.0284 e. The van der Waals surface area contributed by atoms with E-state index in [4.69, 9.17) is 0 Å². The van der Waals surface area contributed by atoms with Crippen LogP contribution in [0.1, 0.15) is 82.1 Å².